The maximum absolute atomic E-state index is 11.0. The molecule has 0 spiro atoms. The Morgan fingerprint density at radius 2 is 1.70 bits per heavy atom. The van der Waals surface area contributed by atoms with E-state index >= 15 is 0 Å². The van der Waals surface area contributed by atoms with E-state index in [0.717, 1.165) is 22.4 Å². The first-order valence-electron chi connectivity index (χ1n) is 6.97. The molecule has 0 heterocycles. The lowest BCUT2D eigenvalue weighted by Gasteiger charge is -2.24. The minimum Gasteiger partial charge on any atom is -0.496 e. The fraction of sp³-hybridized carbons (Fsp3) is 0.562. The zero-order valence-electron chi connectivity index (χ0n) is 12.9. The lowest BCUT2D eigenvalue weighted by Crippen LogP contribution is -2.19. The molecule has 1 atom stereocenters. The first-order chi connectivity index (χ1) is 9.29. The molecule has 20 heavy (non-hydrogen) atoms. The second-order valence-corrected chi connectivity index (χ2v) is 5.70. The fourth-order valence-corrected chi connectivity index (χ4v) is 2.49. The quantitative estimate of drug-likeness (QED) is 0.837. The Bertz CT molecular complexity index is 481. The van der Waals surface area contributed by atoms with Gasteiger partial charge in [0, 0.05) is 11.6 Å². The highest BCUT2D eigenvalue weighted by Crippen LogP contribution is 2.39. The van der Waals surface area contributed by atoms with Gasteiger partial charge in [-0.25, -0.2) is 0 Å². The molecule has 1 rings (SSSR count). The monoisotopic (exact) mass is 279 g/mol. The molecule has 0 saturated carbocycles. The number of aliphatic carboxylic acids is 1. The molecule has 0 saturated heterocycles. The predicted octanol–water partition coefficient (Wildman–Crippen LogP) is 3.42. The van der Waals surface area contributed by atoms with E-state index in [0.29, 0.717) is 5.92 Å². The van der Waals surface area contributed by atoms with Crippen LogP contribution < -0.4 is 10.5 Å². The van der Waals surface area contributed by atoms with Crippen LogP contribution >= 0.6 is 0 Å². The maximum atomic E-state index is 11.0. The summed E-state index contributed by atoms with van der Waals surface area (Å²) in [5.41, 5.74) is 9.07. The van der Waals surface area contributed by atoms with Crippen molar-refractivity contribution in [3.8, 4) is 5.75 Å². The van der Waals surface area contributed by atoms with E-state index in [1.807, 2.05) is 6.07 Å². The van der Waals surface area contributed by atoms with Crippen LogP contribution in [0.3, 0.4) is 0 Å². The second-order valence-electron chi connectivity index (χ2n) is 5.70. The number of benzene rings is 1. The summed E-state index contributed by atoms with van der Waals surface area (Å²) < 4.78 is 5.56. The van der Waals surface area contributed by atoms with Gasteiger partial charge in [0.2, 0.25) is 0 Å². The third-order valence-corrected chi connectivity index (χ3v) is 3.47. The van der Waals surface area contributed by atoms with Crippen molar-refractivity contribution in [2.24, 2.45) is 5.73 Å². The molecule has 0 fully saturated rings. The van der Waals surface area contributed by atoms with Gasteiger partial charge in [0.1, 0.15) is 5.75 Å². The molecular weight excluding hydrogens is 254 g/mol. The van der Waals surface area contributed by atoms with E-state index in [1.165, 1.54) is 0 Å². The molecule has 0 bridgehead atoms. The van der Waals surface area contributed by atoms with Crippen molar-refractivity contribution in [2.75, 3.05) is 7.11 Å². The zero-order valence-corrected chi connectivity index (χ0v) is 12.9. The van der Waals surface area contributed by atoms with Gasteiger partial charge in [-0.1, -0.05) is 39.8 Å². The van der Waals surface area contributed by atoms with E-state index < -0.39 is 12.0 Å². The van der Waals surface area contributed by atoms with Gasteiger partial charge in [-0.2, -0.15) is 0 Å². The number of methoxy groups -OCH3 is 1. The van der Waals surface area contributed by atoms with Crippen molar-refractivity contribution >= 4 is 5.97 Å². The van der Waals surface area contributed by atoms with Crippen LogP contribution in [-0.2, 0) is 4.79 Å². The van der Waals surface area contributed by atoms with Crippen LogP contribution in [0.1, 0.15) is 68.7 Å². The molecular formula is C16H25NO3. The first kappa shape index (κ1) is 16.5. The minimum atomic E-state index is -0.899. The van der Waals surface area contributed by atoms with Crippen molar-refractivity contribution in [1.82, 2.24) is 0 Å². The molecule has 4 nitrogen and oxygen atoms in total. The van der Waals surface area contributed by atoms with Crippen molar-refractivity contribution in [1.29, 1.82) is 0 Å². The molecule has 0 aliphatic carbocycles. The molecule has 112 valence electrons. The number of ether oxygens (including phenoxy) is 1. The first-order valence-corrected chi connectivity index (χ1v) is 6.97. The van der Waals surface area contributed by atoms with E-state index in [-0.39, 0.29) is 12.3 Å². The van der Waals surface area contributed by atoms with E-state index in [9.17, 15) is 4.79 Å². The largest absolute Gasteiger partial charge is 0.496 e. The molecule has 1 aromatic carbocycles. The van der Waals surface area contributed by atoms with E-state index in [2.05, 4.69) is 33.8 Å². The Morgan fingerprint density at radius 1 is 1.20 bits per heavy atom. The van der Waals surface area contributed by atoms with E-state index in [4.69, 9.17) is 15.6 Å². The summed E-state index contributed by atoms with van der Waals surface area (Å²) in [6.45, 7) is 8.31. The van der Waals surface area contributed by atoms with E-state index in [1.54, 1.807) is 7.11 Å². The standard InChI is InChI=1S/C16H25NO3/c1-9(2)11-6-7-12(10(3)4)16(20-5)15(11)13(17)8-14(18)19/h6-7,9-10,13H,8,17H2,1-5H3,(H,18,19). The number of nitrogens with two attached hydrogens (primary N) is 1. The van der Waals surface area contributed by atoms with Crippen LogP contribution in [0.5, 0.6) is 5.75 Å². The van der Waals surface area contributed by atoms with Gasteiger partial charge >= 0.3 is 5.97 Å². The molecule has 0 aliphatic heterocycles. The Hall–Kier alpha value is -1.55. The van der Waals surface area contributed by atoms with Gasteiger partial charge in [0.05, 0.1) is 13.5 Å². The molecule has 1 aromatic rings. The third-order valence-electron chi connectivity index (χ3n) is 3.47. The highest BCUT2D eigenvalue weighted by Gasteiger charge is 2.23. The number of carbonyl (C=O) groups is 1. The van der Waals surface area contributed by atoms with Crippen molar-refractivity contribution in [3.05, 3.63) is 28.8 Å². The third kappa shape index (κ3) is 3.51. The van der Waals surface area contributed by atoms with Gasteiger partial charge in [-0.05, 0) is 23.0 Å². The van der Waals surface area contributed by atoms with Crippen LogP contribution in [0, 0.1) is 0 Å². The van der Waals surface area contributed by atoms with Crippen LogP contribution in [-0.4, -0.2) is 18.2 Å². The lowest BCUT2D eigenvalue weighted by molar-refractivity contribution is -0.137. The smallest absolute Gasteiger partial charge is 0.305 e. The Morgan fingerprint density at radius 3 is 2.10 bits per heavy atom. The molecule has 0 radical (unpaired) electrons. The SMILES string of the molecule is COc1c(C(C)C)ccc(C(C)C)c1C(N)CC(=O)O. The summed E-state index contributed by atoms with van der Waals surface area (Å²) in [4.78, 5) is 11.0. The van der Waals surface area contributed by atoms with Crippen molar-refractivity contribution in [3.63, 3.8) is 0 Å². The summed E-state index contributed by atoms with van der Waals surface area (Å²) in [5, 5.41) is 9.00. The van der Waals surface area contributed by atoms with Crippen molar-refractivity contribution < 1.29 is 14.6 Å². The highest BCUT2D eigenvalue weighted by atomic mass is 16.5. The second kappa shape index (κ2) is 6.75. The topological polar surface area (TPSA) is 72.5 Å². The summed E-state index contributed by atoms with van der Waals surface area (Å²) >= 11 is 0. The van der Waals surface area contributed by atoms with Gasteiger partial charge in [0.25, 0.3) is 0 Å². The number of rotatable bonds is 6. The number of hydrogen-bond donors (Lipinski definition) is 2. The maximum Gasteiger partial charge on any atom is 0.305 e. The Balaban J connectivity index is 3.47. The predicted molar refractivity (Wildman–Crippen MR) is 80.4 cm³/mol. The number of carboxylic acid groups (broad SMARTS) is 1. The summed E-state index contributed by atoms with van der Waals surface area (Å²) in [5.74, 6) is 0.394. The number of carboxylic acids is 1. The molecule has 1 unspecified atom stereocenters. The average molecular weight is 279 g/mol. The Labute approximate surface area is 120 Å². The van der Waals surface area contributed by atoms with Gasteiger partial charge in [0.15, 0.2) is 0 Å². The van der Waals surface area contributed by atoms with Gasteiger partial charge < -0.3 is 15.6 Å². The summed E-state index contributed by atoms with van der Waals surface area (Å²) in [6.07, 6.45) is -0.0996. The molecule has 0 aromatic heterocycles. The van der Waals surface area contributed by atoms with Crippen LogP contribution in [0.2, 0.25) is 0 Å². The van der Waals surface area contributed by atoms with Crippen LogP contribution in [0.25, 0.3) is 0 Å². The van der Waals surface area contributed by atoms with Crippen LogP contribution in [0.15, 0.2) is 12.1 Å². The van der Waals surface area contributed by atoms with Crippen LogP contribution in [0.4, 0.5) is 0 Å². The molecule has 0 aliphatic rings. The lowest BCUT2D eigenvalue weighted by atomic mass is 9.86. The Kier molecular flexibility index (Phi) is 5.57. The average Bonchev–Trinajstić information content (AvgIpc) is 2.35. The van der Waals surface area contributed by atoms with Gasteiger partial charge in [-0.15, -0.1) is 0 Å². The fourth-order valence-electron chi connectivity index (χ4n) is 2.49. The number of hydrogen-bond acceptors (Lipinski definition) is 3. The van der Waals surface area contributed by atoms with Crippen molar-refractivity contribution in [2.45, 2.75) is 52.0 Å². The summed E-state index contributed by atoms with van der Waals surface area (Å²) in [6, 6.07) is 3.54. The minimum absolute atomic E-state index is 0.0996. The summed E-state index contributed by atoms with van der Waals surface area (Å²) in [7, 11) is 1.61. The molecule has 3 N–H and O–H groups in total. The molecule has 4 heteroatoms. The zero-order chi connectivity index (χ0) is 15.4. The van der Waals surface area contributed by atoms with Gasteiger partial charge in [-0.3, -0.25) is 4.79 Å². The normalized spacial score (nSPS) is 12.8. The highest BCUT2D eigenvalue weighted by molar-refractivity contribution is 5.68. The molecule has 0 amide bonds.